The molecule has 0 radical (unpaired) electrons. The summed E-state index contributed by atoms with van der Waals surface area (Å²) in [5.41, 5.74) is 3.58. The van der Waals surface area contributed by atoms with E-state index >= 15 is 0 Å². The van der Waals surface area contributed by atoms with Gasteiger partial charge in [0, 0.05) is 13.0 Å². The van der Waals surface area contributed by atoms with Crippen LogP contribution in [-0.4, -0.2) is 37.6 Å². The van der Waals surface area contributed by atoms with E-state index in [2.05, 4.69) is 31.2 Å². The van der Waals surface area contributed by atoms with Gasteiger partial charge in [0.25, 0.3) is 0 Å². The van der Waals surface area contributed by atoms with Crippen LogP contribution in [0.1, 0.15) is 36.1 Å². The van der Waals surface area contributed by atoms with Crippen molar-refractivity contribution in [2.75, 3.05) is 26.8 Å². The van der Waals surface area contributed by atoms with Gasteiger partial charge in [-0.05, 0) is 41.7 Å². The minimum Gasteiger partial charge on any atom is -0.497 e. The lowest BCUT2D eigenvalue weighted by Crippen LogP contribution is -2.42. The number of hydrogen-bond acceptors (Lipinski definition) is 3. The number of carbonyl (C=O) groups is 1. The van der Waals surface area contributed by atoms with Crippen LogP contribution in [-0.2, 0) is 22.4 Å². The molecule has 0 spiro atoms. The molecular weight excluding hydrogens is 326 g/mol. The number of nitrogens with zero attached hydrogens (tertiary/aromatic N) is 1. The number of morpholine rings is 1. The van der Waals surface area contributed by atoms with Crippen molar-refractivity contribution in [2.45, 2.75) is 32.3 Å². The van der Waals surface area contributed by atoms with Gasteiger partial charge in [-0.1, -0.05) is 43.3 Å². The highest BCUT2D eigenvalue weighted by molar-refractivity contribution is 5.76. The Labute approximate surface area is 155 Å². The van der Waals surface area contributed by atoms with E-state index in [1.54, 1.807) is 7.11 Å². The molecule has 0 saturated carbocycles. The van der Waals surface area contributed by atoms with Crippen LogP contribution in [0, 0.1) is 0 Å². The summed E-state index contributed by atoms with van der Waals surface area (Å²) in [7, 11) is 1.66. The molecule has 2 aromatic carbocycles. The number of methoxy groups -OCH3 is 1. The monoisotopic (exact) mass is 353 g/mol. The van der Waals surface area contributed by atoms with Crippen LogP contribution >= 0.6 is 0 Å². The van der Waals surface area contributed by atoms with Crippen LogP contribution in [0.3, 0.4) is 0 Å². The molecule has 4 nitrogen and oxygen atoms in total. The predicted octanol–water partition coefficient (Wildman–Crippen LogP) is 3.79. The van der Waals surface area contributed by atoms with Crippen LogP contribution < -0.4 is 4.74 Å². The molecule has 0 bridgehead atoms. The first-order valence-corrected chi connectivity index (χ1v) is 9.30. The summed E-state index contributed by atoms with van der Waals surface area (Å²) in [6, 6.07) is 16.4. The van der Waals surface area contributed by atoms with Gasteiger partial charge in [-0.15, -0.1) is 0 Å². The van der Waals surface area contributed by atoms with Crippen molar-refractivity contribution in [1.82, 2.24) is 4.90 Å². The van der Waals surface area contributed by atoms with Crippen LogP contribution in [0.25, 0.3) is 0 Å². The second-order valence-corrected chi connectivity index (χ2v) is 6.65. The number of amides is 1. The molecule has 1 aliphatic heterocycles. The van der Waals surface area contributed by atoms with Crippen LogP contribution in [0.5, 0.6) is 5.75 Å². The molecule has 26 heavy (non-hydrogen) atoms. The lowest BCUT2D eigenvalue weighted by Gasteiger charge is -2.33. The molecule has 1 atom stereocenters. The maximum Gasteiger partial charge on any atom is 0.223 e. The fraction of sp³-hybridized carbons (Fsp3) is 0.409. The maximum atomic E-state index is 12.6. The van der Waals surface area contributed by atoms with E-state index in [4.69, 9.17) is 9.47 Å². The predicted molar refractivity (Wildman–Crippen MR) is 102 cm³/mol. The van der Waals surface area contributed by atoms with E-state index in [0.717, 1.165) is 29.7 Å². The van der Waals surface area contributed by atoms with Crippen molar-refractivity contribution in [3.63, 3.8) is 0 Å². The number of ether oxygens (including phenoxy) is 2. The van der Waals surface area contributed by atoms with Gasteiger partial charge in [0.2, 0.25) is 5.91 Å². The van der Waals surface area contributed by atoms with Gasteiger partial charge in [0.15, 0.2) is 0 Å². The molecule has 1 unspecified atom stereocenters. The Bertz CT molecular complexity index is 726. The van der Waals surface area contributed by atoms with Gasteiger partial charge in [-0.3, -0.25) is 4.79 Å². The first-order chi connectivity index (χ1) is 12.7. The zero-order chi connectivity index (χ0) is 18.4. The van der Waals surface area contributed by atoms with Crippen molar-refractivity contribution in [3.8, 4) is 5.75 Å². The quantitative estimate of drug-likeness (QED) is 0.793. The Kier molecular flexibility index (Phi) is 6.29. The average Bonchev–Trinajstić information content (AvgIpc) is 2.72. The zero-order valence-electron chi connectivity index (χ0n) is 15.6. The van der Waals surface area contributed by atoms with Crippen molar-refractivity contribution >= 4 is 5.91 Å². The highest BCUT2D eigenvalue weighted by atomic mass is 16.5. The summed E-state index contributed by atoms with van der Waals surface area (Å²) in [6.07, 6.45) is 2.23. The smallest absolute Gasteiger partial charge is 0.223 e. The Hall–Kier alpha value is -2.33. The first kappa shape index (κ1) is 18.5. The van der Waals surface area contributed by atoms with E-state index < -0.39 is 0 Å². The average molecular weight is 353 g/mol. The van der Waals surface area contributed by atoms with E-state index in [-0.39, 0.29) is 12.0 Å². The second kappa shape index (κ2) is 8.86. The molecule has 1 saturated heterocycles. The largest absolute Gasteiger partial charge is 0.497 e. The van der Waals surface area contributed by atoms with E-state index in [1.807, 2.05) is 29.2 Å². The molecule has 0 aromatic heterocycles. The van der Waals surface area contributed by atoms with Gasteiger partial charge >= 0.3 is 0 Å². The molecule has 3 rings (SSSR count). The normalized spacial score (nSPS) is 17.2. The van der Waals surface area contributed by atoms with Crippen LogP contribution in [0.2, 0.25) is 0 Å². The Balaban J connectivity index is 1.56. The van der Waals surface area contributed by atoms with Gasteiger partial charge in [-0.2, -0.15) is 0 Å². The molecule has 4 heteroatoms. The molecule has 0 aliphatic carbocycles. The molecule has 1 amide bonds. The zero-order valence-corrected chi connectivity index (χ0v) is 15.6. The van der Waals surface area contributed by atoms with Gasteiger partial charge in [-0.25, -0.2) is 0 Å². The number of benzene rings is 2. The topological polar surface area (TPSA) is 38.8 Å². The Morgan fingerprint density at radius 3 is 2.73 bits per heavy atom. The van der Waals surface area contributed by atoms with Crippen LogP contribution in [0.4, 0.5) is 0 Å². The highest BCUT2D eigenvalue weighted by Crippen LogP contribution is 2.23. The third-order valence-corrected chi connectivity index (χ3v) is 4.94. The summed E-state index contributed by atoms with van der Waals surface area (Å²) in [4.78, 5) is 14.6. The standard InChI is InChI=1S/C22H27NO3/c1-3-17-7-10-19(11-8-17)21-16-23(13-14-26-21)22(24)12-9-18-5-4-6-20(15-18)25-2/h4-8,10-11,15,21H,3,9,12-14,16H2,1-2H3. The lowest BCUT2D eigenvalue weighted by molar-refractivity contribution is -0.139. The fourth-order valence-corrected chi connectivity index (χ4v) is 3.28. The first-order valence-electron chi connectivity index (χ1n) is 9.30. The number of aryl methyl sites for hydroxylation is 2. The van der Waals surface area contributed by atoms with Crippen molar-refractivity contribution in [2.24, 2.45) is 0 Å². The van der Waals surface area contributed by atoms with Crippen molar-refractivity contribution < 1.29 is 14.3 Å². The maximum absolute atomic E-state index is 12.6. The SMILES string of the molecule is CCc1ccc(C2CN(C(=O)CCc3cccc(OC)c3)CCO2)cc1. The van der Waals surface area contributed by atoms with Gasteiger partial charge in [0.1, 0.15) is 11.9 Å². The summed E-state index contributed by atoms with van der Waals surface area (Å²) in [5.74, 6) is 1.02. The third kappa shape index (κ3) is 4.64. The summed E-state index contributed by atoms with van der Waals surface area (Å²) < 4.78 is 11.1. The molecule has 1 heterocycles. The fourth-order valence-electron chi connectivity index (χ4n) is 3.28. The Morgan fingerprint density at radius 2 is 2.00 bits per heavy atom. The number of rotatable bonds is 6. The molecule has 0 N–H and O–H groups in total. The summed E-state index contributed by atoms with van der Waals surface area (Å²) >= 11 is 0. The molecule has 1 aliphatic rings. The summed E-state index contributed by atoms with van der Waals surface area (Å²) in [5, 5.41) is 0. The van der Waals surface area contributed by atoms with Crippen molar-refractivity contribution in [3.05, 3.63) is 65.2 Å². The molecule has 1 fully saturated rings. The van der Waals surface area contributed by atoms with Crippen LogP contribution in [0.15, 0.2) is 48.5 Å². The van der Waals surface area contributed by atoms with E-state index in [9.17, 15) is 4.79 Å². The van der Waals surface area contributed by atoms with Crippen molar-refractivity contribution in [1.29, 1.82) is 0 Å². The highest BCUT2D eigenvalue weighted by Gasteiger charge is 2.25. The lowest BCUT2D eigenvalue weighted by atomic mass is 10.0. The summed E-state index contributed by atoms with van der Waals surface area (Å²) in [6.45, 7) is 4.03. The van der Waals surface area contributed by atoms with E-state index in [1.165, 1.54) is 5.56 Å². The Morgan fingerprint density at radius 1 is 1.19 bits per heavy atom. The molecule has 2 aromatic rings. The molecule has 138 valence electrons. The van der Waals surface area contributed by atoms with E-state index in [0.29, 0.717) is 26.1 Å². The number of hydrogen-bond donors (Lipinski definition) is 0. The van der Waals surface area contributed by atoms with Gasteiger partial charge < -0.3 is 14.4 Å². The second-order valence-electron chi connectivity index (χ2n) is 6.65. The van der Waals surface area contributed by atoms with Gasteiger partial charge in [0.05, 0.1) is 20.3 Å². The molecular formula is C22H27NO3. The minimum atomic E-state index is -0.0320. The number of carbonyl (C=O) groups excluding carboxylic acids is 1. The minimum absolute atomic E-state index is 0.0320. The third-order valence-electron chi connectivity index (χ3n) is 4.94.